The largest absolute Gasteiger partial charge is 0.388 e. The summed E-state index contributed by atoms with van der Waals surface area (Å²) in [6, 6.07) is 2.77. The van der Waals surface area contributed by atoms with E-state index in [1.807, 2.05) is 0 Å². The van der Waals surface area contributed by atoms with Crippen molar-refractivity contribution >= 4 is 5.91 Å². The fourth-order valence-electron chi connectivity index (χ4n) is 1.88. The molecule has 0 aliphatic heterocycles. The van der Waals surface area contributed by atoms with E-state index in [-0.39, 0.29) is 18.0 Å². The van der Waals surface area contributed by atoms with Gasteiger partial charge in [-0.2, -0.15) is 0 Å². The number of carbonyl (C=O) groups is 1. The van der Waals surface area contributed by atoms with Crippen molar-refractivity contribution in [1.82, 2.24) is 5.32 Å². The average Bonchev–Trinajstić information content (AvgIpc) is 3.10. The van der Waals surface area contributed by atoms with Crippen LogP contribution < -0.4 is 5.32 Å². The molecule has 18 heavy (non-hydrogen) atoms. The number of hydrogen-bond acceptors (Lipinski definition) is 2. The molecular formula is C13H15F2NO2. The second-order valence-electron chi connectivity index (χ2n) is 4.94. The third-order valence-electron chi connectivity index (χ3n) is 3.24. The van der Waals surface area contributed by atoms with Gasteiger partial charge in [-0.25, -0.2) is 8.78 Å². The lowest BCUT2D eigenvalue weighted by Gasteiger charge is -2.23. The number of aliphatic hydroxyl groups is 1. The summed E-state index contributed by atoms with van der Waals surface area (Å²) in [7, 11) is 0. The molecule has 0 bridgehead atoms. The molecule has 1 fully saturated rings. The Morgan fingerprint density at radius 2 is 2.17 bits per heavy atom. The van der Waals surface area contributed by atoms with Crippen molar-refractivity contribution in [1.29, 1.82) is 0 Å². The minimum Gasteiger partial charge on any atom is -0.388 e. The van der Waals surface area contributed by atoms with Crippen LogP contribution in [-0.4, -0.2) is 23.2 Å². The Bertz CT molecular complexity index is 470. The van der Waals surface area contributed by atoms with Crippen LogP contribution in [0.1, 0.15) is 30.1 Å². The Hall–Kier alpha value is -1.49. The minimum absolute atomic E-state index is 0.0628. The lowest BCUT2D eigenvalue weighted by atomic mass is 10.0. The highest BCUT2D eigenvalue weighted by Crippen LogP contribution is 2.39. The van der Waals surface area contributed by atoms with Crippen LogP contribution in [0.2, 0.25) is 0 Å². The fraction of sp³-hybridized carbons (Fsp3) is 0.462. The van der Waals surface area contributed by atoms with Crippen molar-refractivity contribution in [2.45, 2.75) is 25.4 Å². The number of hydrogen-bond donors (Lipinski definition) is 2. The van der Waals surface area contributed by atoms with Crippen molar-refractivity contribution in [3.05, 3.63) is 35.4 Å². The van der Waals surface area contributed by atoms with Crippen LogP contribution in [0.25, 0.3) is 0 Å². The predicted molar refractivity (Wildman–Crippen MR) is 62.0 cm³/mol. The van der Waals surface area contributed by atoms with Crippen LogP contribution in [0.15, 0.2) is 18.2 Å². The minimum atomic E-state index is -0.966. The number of rotatable bonds is 4. The van der Waals surface area contributed by atoms with Gasteiger partial charge in [0.1, 0.15) is 11.6 Å². The summed E-state index contributed by atoms with van der Waals surface area (Å²) in [5.74, 6) is -2.09. The normalized spacial score (nSPS) is 18.2. The number of nitrogens with one attached hydrogen (secondary N) is 1. The van der Waals surface area contributed by atoms with Gasteiger partial charge in [-0.1, -0.05) is 0 Å². The van der Waals surface area contributed by atoms with E-state index in [1.54, 1.807) is 6.92 Å². The molecule has 1 aromatic carbocycles. The first-order valence-corrected chi connectivity index (χ1v) is 5.86. The zero-order valence-corrected chi connectivity index (χ0v) is 10.0. The molecule has 1 atom stereocenters. The second-order valence-corrected chi connectivity index (χ2v) is 4.94. The number of amides is 1. The molecule has 0 radical (unpaired) electrons. The van der Waals surface area contributed by atoms with Crippen LogP contribution in [0.3, 0.4) is 0 Å². The quantitative estimate of drug-likeness (QED) is 0.862. The molecule has 2 N–H and O–H groups in total. The Balaban J connectivity index is 1.99. The molecule has 5 heteroatoms. The Morgan fingerprint density at radius 3 is 2.72 bits per heavy atom. The lowest BCUT2D eigenvalue weighted by Crippen LogP contribution is -2.42. The maximum Gasteiger partial charge on any atom is 0.254 e. The molecule has 1 aliphatic carbocycles. The maximum atomic E-state index is 13.3. The van der Waals surface area contributed by atoms with E-state index in [1.165, 1.54) is 0 Å². The molecule has 0 unspecified atom stereocenters. The van der Waals surface area contributed by atoms with Gasteiger partial charge in [0.2, 0.25) is 0 Å². The third-order valence-corrected chi connectivity index (χ3v) is 3.24. The molecule has 0 spiro atoms. The summed E-state index contributed by atoms with van der Waals surface area (Å²) < 4.78 is 26.0. The molecule has 1 saturated carbocycles. The van der Waals surface area contributed by atoms with Gasteiger partial charge in [0.25, 0.3) is 5.91 Å². The maximum absolute atomic E-state index is 13.3. The standard InChI is InChI=1S/C13H15F2NO2/c1-13(18,8-2-3-8)7-16-12(17)10-5-4-9(14)6-11(10)15/h4-6,8,18H,2-3,7H2,1H3,(H,16,17)/t13-/m0/s1. The zero-order chi connectivity index (χ0) is 13.3. The van der Waals surface area contributed by atoms with E-state index in [0.717, 1.165) is 25.0 Å². The zero-order valence-electron chi connectivity index (χ0n) is 10.0. The summed E-state index contributed by atoms with van der Waals surface area (Å²) in [4.78, 5) is 11.7. The lowest BCUT2D eigenvalue weighted by molar-refractivity contribution is 0.0353. The van der Waals surface area contributed by atoms with Gasteiger partial charge < -0.3 is 10.4 Å². The van der Waals surface area contributed by atoms with Gasteiger partial charge in [0, 0.05) is 12.6 Å². The van der Waals surface area contributed by atoms with Crippen molar-refractivity contribution in [2.75, 3.05) is 6.54 Å². The van der Waals surface area contributed by atoms with Gasteiger partial charge in [-0.15, -0.1) is 0 Å². The van der Waals surface area contributed by atoms with E-state index in [2.05, 4.69) is 5.32 Å². The van der Waals surface area contributed by atoms with Gasteiger partial charge in [0.15, 0.2) is 0 Å². The predicted octanol–water partition coefficient (Wildman–Crippen LogP) is 1.86. The molecule has 1 aromatic rings. The van der Waals surface area contributed by atoms with E-state index < -0.39 is 23.1 Å². The Morgan fingerprint density at radius 1 is 1.50 bits per heavy atom. The van der Waals surface area contributed by atoms with Crippen molar-refractivity contribution < 1.29 is 18.7 Å². The first-order valence-electron chi connectivity index (χ1n) is 5.86. The summed E-state index contributed by atoms with van der Waals surface area (Å²) in [6.07, 6.45) is 1.88. The van der Waals surface area contributed by atoms with Crippen molar-refractivity contribution in [3.63, 3.8) is 0 Å². The van der Waals surface area contributed by atoms with E-state index in [9.17, 15) is 18.7 Å². The van der Waals surface area contributed by atoms with Gasteiger partial charge >= 0.3 is 0 Å². The number of halogens is 2. The fourth-order valence-corrected chi connectivity index (χ4v) is 1.88. The first kappa shape index (κ1) is 13.0. The second kappa shape index (κ2) is 4.65. The highest BCUT2D eigenvalue weighted by atomic mass is 19.1. The van der Waals surface area contributed by atoms with Crippen LogP contribution in [0, 0.1) is 17.6 Å². The van der Waals surface area contributed by atoms with Gasteiger partial charge in [-0.05, 0) is 37.8 Å². The summed E-state index contributed by atoms with van der Waals surface area (Å²) in [5.41, 5.74) is -1.19. The van der Waals surface area contributed by atoms with Crippen LogP contribution in [0.5, 0.6) is 0 Å². The molecule has 1 amide bonds. The van der Waals surface area contributed by atoms with Crippen molar-refractivity contribution in [2.24, 2.45) is 5.92 Å². The summed E-state index contributed by atoms with van der Waals surface area (Å²) >= 11 is 0. The van der Waals surface area contributed by atoms with E-state index in [0.29, 0.717) is 6.07 Å². The highest BCUT2D eigenvalue weighted by Gasteiger charge is 2.40. The SMILES string of the molecule is C[C@](O)(CNC(=O)c1ccc(F)cc1F)C1CC1. The van der Waals surface area contributed by atoms with Crippen LogP contribution in [0.4, 0.5) is 8.78 Å². The summed E-state index contributed by atoms with van der Waals surface area (Å²) in [5, 5.41) is 12.5. The topological polar surface area (TPSA) is 49.3 Å². The molecule has 1 aliphatic rings. The van der Waals surface area contributed by atoms with Gasteiger partial charge in [0.05, 0.1) is 11.2 Å². The Kier molecular flexibility index (Phi) is 3.34. The average molecular weight is 255 g/mol. The molecule has 98 valence electrons. The number of carbonyl (C=O) groups excluding carboxylic acids is 1. The third kappa shape index (κ3) is 2.85. The molecule has 0 aromatic heterocycles. The monoisotopic (exact) mass is 255 g/mol. The van der Waals surface area contributed by atoms with Crippen LogP contribution in [-0.2, 0) is 0 Å². The number of benzene rings is 1. The van der Waals surface area contributed by atoms with Crippen LogP contribution >= 0.6 is 0 Å². The van der Waals surface area contributed by atoms with Crippen molar-refractivity contribution in [3.8, 4) is 0 Å². The summed E-state index contributed by atoms with van der Waals surface area (Å²) in [6.45, 7) is 1.71. The highest BCUT2D eigenvalue weighted by molar-refractivity contribution is 5.94. The smallest absolute Gasteiger partial charge is 0.254 e. The first-order chi connectivity index (χ1) is 8.40. The molecule has 3 nitrogen and oxygen atoms in total. The molecule has 0 saturated heterocycles. The van der Waals surface area contributed by atoms with E-state index >= 15 is 0 Å². The molecule has 0 heterocycles. The molecular weight excluding hydrogens is 240 g/mol. The Labute approximate surface area is 104 Å². The van der Waals surface area contributed by atoms with E-state index in [4.69, 9.17) is 0 Å². The van der Waals surface area contributed by atoms with Gasteiger partial charge in [-0.3, -0.25) is 4.79 Å². The molecule has 2 rings (SSSR count).